The van der Waals surface area contributed by atoms with Crippen LogP contribution < -0.4 is 0 Å². The minimum absolute atomic E-state index is 0.0718. The van der Waals surface area contributed by atoms with E-state index >= 15 is 0 Å². The van der Waals surface area contributed by atoms with Crippen LogP contribution in [-0.4, -0.2) is 11.7 Å². The molecule has 18 heavy (non-hydrogen) atoms. The molecule has 0 aromatic heterocycles. The zero-order valence-electron chi connectivity index (χ0n) is 11.5. The molecule has 0 aliphatic carbocycles. The highest BCUT2D eigenvalue weighted by atomic mass is 19.1. The molecule has 0 aliphatic rings. The van der Waals surface area contributed by atoms with Crippen LogP contribution in [0.4, 0.5) is 4.39 Å². The number of benzene rings is 1. The Labute approximate surface area is 110 Å². The molecule has 0 saturated heterocycles. The standard InChI is InChI=1S/C16H25FO/c1-3-5-7-13(4-2)10-15(12-18)14-8-6-9-16(17)11-14/h6,8-9,11,13,15,18H,3-5,7,10,12H2,1-2H3. The molecule has 1 aromatic rings. The highest BCUT2D eigenvalue weighted by Crippen LogP contribution is 2.28. The number of unbranched alkanes of at least 4 members (excludes halogenated alkanes) is 1. The van der Waals surface area contributed by atoms with E-state index < -0.39 is 0 Å². The summed E-state index contributed by atoms with van der Waals surface area (Å²) >= 11 is 0. The molecule has 2 unspecified atom stereocenters. The molecule has 1 N–H and O–H groups in total. The van der Waals surface area contributed by atoms with Crippen molar-refractivity contribution in [3.8, 4) is 0 Å². The van der Waals surface area contributed by atoms with Crippen molar-refractivity contribution >= 4 is 0 Å². The van der Waals surface area contributed by atoms with Gasteiger partial charge in [0.05, 0.1) is 0 Å². The second-order valence-corrected chi connectivity index (χ2v) is 5.09. The number of hydrogen-bond donors (Lipinski definition) is 1. The van der Waals surface area contributed by atoms with E-state index in [-0.39, 0.29) is 18.3 Å². The number of halogens is 1. The molecule has 1 rings (SSSR count). The van der Waals surface area contributed by atoms with Crippen molar-refractivity contribution in [3.05, 3.63) is 35.6 Å². The molecular formula is C16H25FO. The van der Waals surface area contributed by atoms with Gasteiger partial charge < -0.3 is 5.11 Å². The summed E-state index contributed by atoms with van der Waals surface area (Å²) in [7, 11) is 0. The van der Waals surface area contributed by atoms with Crippen LogP contribution in [0.25, 0.3) is 0 Å². The fraction of sp³-hybridized carbons (Fsp3) is 0.625. The van der Waals surface area contributed by atoms with Gasteiger partial charge in [-0.3, -0.25) is 0 Å². The van der Waals surface area contributed by atoms with E-state index in [2.05, 4.69) is 13.8 Å². The lowest BCUT2D eigenvalue weighted by atomic mass is 9.85. The Balaban J connectivity index is 2.65. The Hall–Kier alpha value is -0.890. The molecule has 0 bridgehead atoms. The second kappa shape index (κ2) is 8.25. The first-order valence-electron chi connectivity index (χ1n) is 7.07. The van der Waals surface area contributed by atoms with E-state index in [1.54, 1.807) is 12.1 Å². The minimum atomic E-state index is -0.215. The predicted molar refractivity (Wildman–Crippen MR) is 74.1 cm³/mol. The Morgan fingerprint density at radius 2 is 2.06 bits per heavy atom. The van der Waals surface area contributed by atoms with Crippen molar-refractivity contribution in [2.45, 2.75) is 51.9 Å². The molecule has 0 fully saturated rings. The van der Waals surface area contributed by atoms with E-state index in [1.807, 2.05) is 6.07 Å². The van der Waals surface area contributed by atoms with Gasteiger partial charge in [0.15, 0.2) is 0 Å². The maximum absolute atomic E-state index is 13.2. The first-order valence-corrected chi connectivity index (χ1v) is 7.07. The van der Waals surface area contributed by atoms with Gasteiger partial charge in [-0.15, -0.1) is 0 Å². The third-order valence-corrected chi connectivity index (χ3v) is 3.70. The van der Waals surface area contributed by atoms with Gasteiger partial charge in [0.25, 0.3) is 0 Å². The first kappa shape index (κ1) is 15.2. The van der Waals surface area contributed by atoms with Crippen molar-refractivity contribution in [1.29, 1.82) is 0 Å². The third kappa shape index (κ3) is 4.77. The summed E-state index contributed by atoms with van der Waals surface area (Å²) in [6.07, 6.45) is 5.74. The lowest BCUT2D eigenvalue weighted by molar-refractivity contribution is 0.237. The molecular weight excluding hydrogens is 227 g/mol. The summed E-state index contributed by atoms with van der Waals surface area (Å²) in [4.78, 5) is 0. The number of aliphatic hydroxyl groups excluding tert-OH is 1. The summed E-state index contributed by atoms with van der Waals surface area (Å²) < 4.78 is 13.2. The van der Waals surface area contributed by atoms with Gasteiger partial charge in [-0.2, -0.15) is 0 Å². The quantitative estimate of drug-likeness (QED) is 0.721. The van der Waals surface area contributed by atoms with Gasteiger partial charge in [-0.05, 0) is 30.0 Å². The number of aliphatic hydroxyl groups is 1. The molecule has 0 heterocycles. The van der Waals surface area contributed by atoms with E-state index in [9.17, 15) is 9.50 Å². The Morgan fingerprint density at radius 1 is 1.28 bits per heavy atom. The van der Waals surface area contributed by atoms with Crippen molar-refractivity contribution in [2.75, 3.05) is 6.61 Å². The monoisotopic (exact) mass is 252 g/mol. The normalized spacial score (nSPS) is 14.4. The van der Waals surface area contributed by atoms with Crippen molar-refractivity contribution in [1.82, 2.24) is 0 Å². The van der Waals surface area contributed by atoms with Crippen LogP contribution in [0.2, 0.25) is 0 Å². The summed E-state index contributed by atoms with van der Waals surface area (Å²) in [6, 6.07) is 6.64. The molecule has 1 nitrogen and oxygen atoms in total. The van der Waals surface area contributed by atoms with Crippen LogP contribution in [0.1, 0.15) is 57.4 Å². The van der Waals surface area contributed by atoms with Crippen LogP contribution >= 0.6 is 0 Å². The van der Waals surface area contributed by atoms with Gasteiger partial charge in [-0.25, -0.2) is 4.39 Å². The van der Waals surface area contributed by atoms with E-state index in [0.29, 0.717) is 5.92 Å². The average Bonchev–Trinajstić information content (AvgIpc) is 2.39. The lowest BCUT2D eigenvalue weighted by Gasteiger charge is -2.21. The van der Waals surface area contributed by atoms with Crippen molar-refractivity contribution < 1.29 is 9.50 Å². The van der Waals surface area contributed by atoms with Crippen molar-refractivity contribution in [2.24, 2.45) is 5.92 Å². The van der Waals surface area contributed by atoms with E-state index in [4.69, 9.17) is 0 Å². The summed E-state index contributed by atoms with van der Waals surface area (Å²) in [5, 5.41) is 9.52. The molecule has 0 amide bonds. The predicted octanol–water partition coefficient (Wildman–Crippen LogP) is 4.51. The Bertz CT molecular complexity index is 338. The smallest absolute Gasteiger partial charge is 0.123 e. The maximum atomic E-state index is 13.2. The van der Waals surface area contributed by atoms with E-state index in [1.165, 1.54) is 25.3 Å². The summed E-state index contributed by atoms with van der Waals surface area (Å²) in [6.45, 7) is 4.50. The minimum Gasteiger partial charge on any atom is -0.396 e. The van der Waals surface area contributed by atoms with Gasteiger partial charge in [-0.1, -0.05) is 51.7 Å². The molecule has 2 atom stereocenters. The summed E-state index contributed by atoms with van der Waals surface area (Å²) in [5.74, 6) is 0.487. The lowest BCUT2D eigenvalue weighted by Crippen LogP contribution is -2.11. The molecule has 0 saturated carbocycles. The highest BCUT2D eigenvalue weighted by molar-refractivity contribution is 5.20. The number of hydrogen-bond acceptors (Lipinski definition) is 1. The Morgan fingerprint density at radius 3 is 2.61 bits per heavy atom. The highest BCUT2D eigenvalue weighted by Gasteiger charge is 2.16. The van der Waals surface area contributed by atoms with Crippen molar-refractivity contribution in [3.63, 3.8) is 0 Å². The van der Waals surface area contributed by atoms with Crippen LogP contribution in [0.15, 0.2) is 24.3 Å². The summed E-state index contributed by atoms with van der Waals surface area (Å²) in [5.41, 5.74) is 0.924. The fourth-order valence-electron chi connectivity index (χ4n) is 2.46. The molecule has 2 heteroatoms. The molecule has 1 aromatic carbocycles. The topological polar surface area (TPSA) is 20.2 Å². The first-order chi connectivity index (χ1) is 8.71. The van der Waals surface area contributed by atoms with E-state index in [0.717, 1.165) is 18.4 Å². The van der Waals surface area contributed by atoms with Crippen LogP contribution in [-0.2, 0) is 0 Å². The molecule has 102 valence electrons. The fourth-order valence-corrected chi connectivity index (χ4v) is 2.46. The third-order valence-electron chi connectivity index (χ3n) is 3.70. The second-order valence-electron chi connectivity index (χ2n) is 5.09. The largest absolute Gasteiger partial charge is 0.396 e. The Kier molecular flexibility index (Phi) is 6.96. The molecule has 0 radical (unpaired) electrons. The zero-order chi connectivity index (χ0) is 13.4. The SMILES string of the molecule is CCCCC(CC)CC(CO)c1cccc(F)c1. The van der Waals surface area contributed by atoms with Crippen LogP contribution in [0.3, 0.4) is 0 Å². The number of rotatable bonds is 8. The van der Waals surface area contributed by atoms with Gasteiger partial charge in [0, 0.05) is 12.5 Å². The molecule has 0 aliphatic heterocycles. The van der Waals surface area contributed by atoms with Crippen LogP contribution in [0.5, 0.6) is 0 Å². The average molecular weight is 252 g/mol. The van der Waals surface area contributed by atoms with Crippen LogP contribution in [0, 0.1) is 11.7 Å². The van der Waals surface area contributed by atoms with Gasteiger partial charge in [0.1, 0.15) is 5.82 Å². The molecule has 0 spiro atoms. The van der Waals surface area contributed by atoms with Gasteiger partial charge in [0.2, 0.25) is 0 Å². The maximum Gasteiger partial charge on any atom is 0.123 e. The zero-order valence-corrected chi connectivity index (χ0v) is 11.5. The van der Waals surface area contributed by atoms with Gasteiger partial charge >= 0.3 is 0 Å².